The molecule has 5 heteroatoms. The second kappa shape index (κ2) is 12.8. The van der Waals surface area contributed by atoms with Crippen molar-refractivity contribution in [2.24, 2.45) is 0 Å². The van der Waals surface area contributed by atoms with Gasteiger partial charge in [0.2, 0.25) is 5.69 Å². The first-order valence-electron chi connectivity index (χ1n) is 14.5. The molecular weight excluding hydrogens is 717 g/mol. The van der Waals surface area contributed by atoms with Crippen LogP contribution >= 0.6 is 0 Å². The third-order valence-electron chi connectivity index (χ3n) is 7.61. The summed E-state index contributed by atoms with van der Waals surface area (Å²) in [7, 11) is 0. The van der Waals surface area contributed by atoms with Crippen LogP contribution in [0.5, 0.6) is 0 Å². The Balaban J connectivity index is 0.000000222. The van der Waals surface area contributed by atoms with Crippen molar-refractivity contribution in [3.05, 3.63) is 152 Å². The maximum absolute atomic E-state index is 4.22. The topological polar surface area (TPSA) is 23.8 Å². The Kier molecular flexibility index (Phi) is 8.45. The molecule has 0 aliphatic carbocycles. The first kappa shape index (κ1) is 29.2. The summed E-state index contributed by atoms with van der Waals surface area (Å²) >= 11 is 0. The normalized spacial score (nSPS) is 11.8. The monoisotopic (exact) mass is 747 g/mol. The van der Waals surface area contributed by atoms with Crippen LogP contribution in [0.3, 0.4) is 0 Å². The zero-order chi connectivity index (χ0) is 29.2. The van der Waals surface area contributed by atoms with Crippen LogP contribution in [0.4, 0.5) is 22.7 Å². The number of hydrogen-bond donors (Lipinski definition) is 0. The quantitative estimate of drug-likeness (QED) is 0.130. The number of para-hydroxylation sites is 4. The number of hydrogen-bond acceptors (Lipinski definition) is 1. The minimum atomic E-state index is 0. The predicted octanol–water partition coefficient (Wildman–Crippen LogP) is 9.58. The largest absolute Gasteiger partial charge is 0.501 e. The molecule has 5 aromatic carbocycles. The van der Waals surface area contributed by atoms with Gasteiger partial charge in [-0.1, -0.05) is 76.8 Å². The summed E-state index contributed by atoms with van der Waals surface area (Å²) in [5.41, 5.74) is 8.80. The van der Waals surface area contributed by atoms with Gasteiger partial charge in [-0.3, -0.25) is 0 Å². The molecule has 215 valence electrons. The van der Waals surface area contributed by atoms with E-state index in [9.17, 15) is 0 Å². The van der Waals surface area contributed by atoms with Gasteiger partial charge in [-0.15, -0.1) is 47.3 Å². The predicted molar refractivity (Wildman–Crippen MR) is 178 cm³/mol. The summed E-state index contributed by atoms with van der Waals surface area (Å²) in [6.07, 6.45) is 1.79. The van der Waals surface area contributed by atoms with Crippen LogP contribution in [-0.4, -0.2) is 15.6 Å². The first-order valence-corrected chi connectivity index (χ1v) is 14.5. The molecule has 0 N–H and O–H groups in total. The first-order chi connectivity index (χ1) is 21.2. The molecule has 2 aromatic heterocycles. The van der Waals surface area contributed by atoms with Gasteiger partial charge >= 0.3 is 6.01 Å². The third-order valence-corrected chi connectivity index (χ3v) is 7.61. The molecule has 4 nitrogen and oxygen atoms in total. The van der Waals surface area contributed by atoms with E-state index in [2.05, 4.69) is 136 Å². The van der Waals surface area contributed by atoms with E-state index in [0.29, 0.717) is 6.04 Å². The second-order valence-electron chi connectivity index (χ2n) is 10.7. The van der Waals surface area contributed by atoms with Crippen LogP contribution in [-0.2, 0) is 20.1 Å². The van der Waals surface area contributed by atoms with E-state index in [1.807, 2.05) is 48.5 Å². The van der Waals surface area contributed by atoms with Crippen LogP contribution in [0.1, 0.15) is 19.9 Å². The van der Waals surface area contributed by atoms with E-state index in [4.69, 9.17) is 0 Å². The van der Waals surface area contributed by atoms with Crippen molar-refractivity contribution >= 4 is 50.6 Å². The summed E-state index contributed by atoms with van der Waals surface area (Å²) in [6.45, 7) is 4.48. The minimum Gasteiger partial charge on any atom is -0.362 e. The summed E-state index contributed by atoms with van der Waals surface area (Å²) < 4.78 is 6.65. The summed E-state index contributed by atoms with van der Waals surface area (Å²) in [5, 5.41) is 2.51. The Labute approximate surface area is 271 Å². The molecular formula is C39H30IrN4. The van der Waals surface area contributed by atoms with Crippen molar-refractivity contribution in [2.45, 2.75) is 19.9 Å². The fourth-order valence-corrected chi connectivity index (χ4v) is 5.69. The number of rotatable bonds is 4. The maximum Gasteiger partial charge on any atom is 0.501 e. The van der Waals surface area contributed by atoms with Crippen molar-refractivity contribution in [2.75, 3.05) is 0 Å². The molecule has 44 heavy (non-hydrogen) atoms. The molecule has 8 rings (SSSR count). The van der Waals surface area contributed by atoms with Gasteiger partial charge in [0.15, 0.2) is 0 Å². The Hall–Kier alpha value is -4.92. The van der Waals surface area contributed by atoms with Crippen molar-refractivity contribution < 1.29 is 20.1 Å². The average Bonchev–Trinajstić information content (AvgIpc) is 3.62. The van der Waals surface area contributed by atoms with Gasteiger partial charge in [0.1, 0.15) is 5.69 Å². The van der Waals surface area contributed by atoms with Gasteiger partial charge in [-0.2, -0.15) is 6.07 Å². The average molecular weight is 747 g/mol. The summed E-state index contributed by atoms with van der Waals surface area (Å²) in [5.74, 6) is 0. The van der Waals surface area contributed by atoms with Gasteiger partial charge in [-0.25, -0.2) is 0 Å². The minimum absolute atomic E-state index is 0. The van der Waals surface area contributed by atoms with Crippen molar-refractivity contribution in [1.29, 1.82) is 0 Å². The number of pyridine rings is 1. The van der Waals surface area contributed by atoms with E-state index in [1.165, 1.54) is 21.8 Å². The molecule has 0 fully saturated rings. The molecule has 1 aliphatic rings. The van der Waals surface area contributed by atoms with Crippen molar-refractivity contribution in [3.8, 4) is 11.3 Å². The molecule has 0 bridgehead atoms. The fraction of sp³-hybridized carbons (Fsp3) is 0.0769. The van der Waals surface area contributed by atoms with Gasteiger partial charge in [0.25, 0.3) is 11.4 Å². The molecule has 0 unspecified atom stereocenters. The zero-order valence-corrected chi connectivity index (χ0v) is 26.9. The van der Waals surface area contributed by atoms with Crippen molar-refractivity contribution in [1.82, 2.24) is 18.7 Å². The summed E-state index contributed by atoms with van der Waals surface area (Å²) in [4.78, 5) is 4.22. The summed E-state index contributed by atoms with van der Waals surface area (Å²) in [6, 6.07) is 56.1. The van der Waals surface area contributed by atoms with Gasteiger partial charge < -0.3 is 9.55 Å². The molecule has 1 radical (unpaired) electrons. The Morgan fingerprint density at radius 2 is 1.39 bits per heavy atom. The zero-order valence-electron chi connectivity index (χ0n) is 24.5. The molecule has 0 amide bonds. The van der Waals surface area contributed by atoms with Gasteiger partial charge in [-0.05, 0) is 41.6 Å². The smallest absolute Gasteiger partial charge is 0.362 e. The van der Waals surface area contributed by atoms with E-state index < -0.39 is 0 Å². The van der Waals surface area contributed by atoms with Gasteiger partial charge in [0, 0.05) is 62.1 Å². The molecule has 0 saturated heterocycles. The SMILES string of the molecule is CC(C)n1c2ccccc2c2c[c-]c([N+]3=C=[N+](c4ccccc4)c4ccccc43)cc21.[Ir].[c-]1ccccc1-c1ccccn1. The van der Waals surface area contributed by atoms with Crippen LogP contribution in [0.15, 0.2) is 140 Å². The standard InChI is InChI=1S/C28H22N3.C11H8N.Ir/c1-20(2)31-25-13-7-6-12-23(25)24-17-16-22(18-28(24)31)30-19-29(21-10-4-3-5-11-21)26-14-8-9-15-27(26)30;1-2-6-10(7-3-1)11-8-4-5-9-12-11;/h3-15,17-18,20H,1-2H3;1-6,8-9H;/q+1;-1;. The number of nitrogens with zero attached hydrogens (tertiary/aromatic N) is 4. The molecule has 3 heterocycles. The Morgan fingerprint density at radius 3 is 2.11 bits per heavy atom. The van der Waals surface area contributed by atoms with Crippen LogP contribution in [0.25, 0.3) is 33.1 Å². The third kappa shape index (κ3) is 5.45. The Morgan fingerprint density at radius 1 is 0.682 bits per heavy atom. The number of aromatic nitrogens is 2. The number of fused-ring (bicyclic) bond motifs is 4. The van der Waals surface area contributed by atoms with Crippen LogP contribution in [0.2, 0.25) is 0 Å². The van der Waals surface area contributed by atoms with Gasteiger partial charge in [0.05, 0.1) is 0 Å². The van der Waals surface area contributed by atoms with Crippen LogP contribution in [0, 0.1) is 12.1 Å². The van der Waals surface area contributed by atoms with E-state index in [-0.39, 0.29) is 20.1 Å². The Bertz CT molecular complexity index is 2090. The fourth-order valence-electron chi connectivity index (χ4n) is 5.69. The molecule has 1 aliphatic heterocycles. The van der Waals surface area contributed by atoms with Crippen LogP contribution < -0.4 is 9.15 Å². The van der Waals surface area contributed by atoms with E-state index in [0.717, 1.165) is 34.0 Å². The maximum atomic E-state index is 4.22. The number of benzene rings is 5. The van der Waals surface area contributed by atoms with E-state index in [1.54, 1.807) is 6.20 Å². The molecule has 7 aromatic rings. The van der Waals surface area contributed by atoms with E-state index >= 15 is 0 Å². The second-order valence-corrected chi connectivity index (χ2v) is 10.7. The molecule has 0 saturated carbocycles. The molecule has 0 atom stereocenters. The van der Waals surface area contributed by atoms with Crippen molar-refractivity contribution in [3.63, 3.8) is 0 Å². The molecule has 0 spiro atoms.